The highest BCUT2D eigenvalue weighted by Crippen LogP contribution is 2.34. The number of sulfonamides is 1. The predicted octanol–water partition coefficient (Wildman–Crippen LogP) is 2.22. The molecule has 0 unspecified atom stereocenters. The Morgan fingerprint density at radius 3 is 2.42 bits per heavy atom. The molecule has 0 bridgehead atoms. The van der Waals surface area contributed by atoms with Crippen LogP contribution in [0, 0.1) is 0 Å². The summed E-state index contributed by atoms with van der Waals surface area (Å²) in [6.45, 7) is 0.304. The van der Waals surface area contributed by atoms with Crippen LogP contribution in [0.5, 0.6) is 5.75 Å². The Kier molecular flexibility index (Phi) is 4.08. The highest BCUT2D eigenvalue weighted by atomic mass is 32.2. The van der Waals surface area contributed by atoms with Crippen molar-refractivity contribution < 1.29 is 13.2 Å². The van der Waals surface area contributed by atoms with E-state index in [4.69, 9.17) is 4.74 Å². The first-order valence-electron chi connectivity index (χ1n) is 8.34. The molecule has 2 N–H and O–H groups in total. The lowest BCUT2D eigenvalue weighted by atomic mass is 10.2. The normalized spacial score (nSPS) is 14.8. The molecule has 1 heterocycles. The van der Waals surface area contributed by atoms with Crippen molar-refractivity contribution in [2.75, 3.05) is 7.11 Å². The van der Waals surface area contributed by atoms with Crippen LogP contribution in [0.3, 0.4) is 0 Å². The van der Waals surface area contributed by atoms with Gasteiger partial charge in [0.05, 0.1) is 23.0 Å². The van der Waals surface area contributed by atoms with Crippen LogP contribution < -0.4 is 10.4 Å². The van der Waals surface area contributed by atoms with Crippen molar-refractivity contribution >= 4 is 21.1 Å². The Hall–Kier alpha value is -2.58. The average Bonchev–Trinajstić information content (AvgIpc) is 3.39. The summed E-state index contributed by atoms with van der Waals surface area (Å²) in [5, 5.41) is 0. The molecule has 1 fully saturated rings. The maximum Gasteiger partial charge on any atom is 0.323 e. The maximum absolute atomic E-state index is 13.2. The fourth-order valence-corrected chi connectivity index (χ4v) is 4.69. The molecule has 0 radical (unpaired) electrons. The number of ether oxygens (including phenoxy) is 1. The standard InChI is InChI=1S/C18H19N3O4S/c1-25-14-6-2-12(3-7-14)11-21(13-4-5-13)26(23,24)15-8-9-16-17(10-15)20-18(22)19-16/h2-3,6-10,13H,4-5,11H2,1H3,(H2,19,20,22). The number of rotatable bonds is 6. The lowest BCUT2D eigenvalue weighted by molar-refractivity contribution is 0.397. The van der Waals surface area contributed by atoms with Gasteiger partial charge in [-0.1, -0.05) is 12.1 Å². The van der Waals surface area contributed by atoms with Gasteiger partial charge in [0.25, 0.3) is 0 Å². The van der Waals surface area contributed by atoms with Crippen LogP contribution in [-0.2, 0) is 16.6 Å². The van der Waals surface area contributed by atoms with Crippen molar-refractivity contribution in [3.63, 3.8) is 0 Å². The number of hydrogen-bond acceptors (Lipinski definition) is 4. The first-order valence-corrected chi connectivity index (χ1v) is 9.78. The smallest absolute Gasteiger partial charge is 0.323 e. The van der Waals surface area contributed by atoms with E-state index in [0.717, 1.165) is 24.2 Å². The number of nitrogens with one attached hydrogen (secondary N) is 2. The molecule has 1 aromatic heterocycles. The van der Waals surface area contributed by atoms with Gasteiger partial charge in [-0.2, -0.15) is 4.31 Å². The SMILES string of the molecule is COc1ccc(CN(C2CC2)S(=O)(=O)c2ccc3[nH]c(=O)[nH]c3c2)cc1. The highest BCUT2D eigenvalue weighted by Gasteiger charge is 2.38. The van der Waals surface area contributed by atoms with E-state index in [9.17, 15) is 13.2 Å². The van der Waals surface area contributed by atoms with Crippen LogP contribution >= 0.6 is 0 Å². The molecule has 1 saturated carbocycles. The topological polar surface area (TPSA) is 95.3 Å². The van der Waals surface area contributed by atoms with Crippen LogP contribution in [0.1, 0.15) is 18.4 Å². The molecule has 3 aromatic rings. The van der Waals surface area contributed by atoms with E-state index >= 15 is 0 Å². The van der Waals surface area contributed by atoms with Crippen LogP contribution in [0.15, 0.2) is 52.2 Å². The molecular formula is C18H19N3O4S. The minimum Gasteiger partial charge on any atom is -0.497 e. The van der Waals surface area contributed by atoms with E-state index in [1.165, 1.54) is 12.1 Å². The van der Waals surface area contributed by atoms with Crippen LogP contribution in [0.2, 0.25) is 0 Å². The number of aromatic nitrogens is 2. The molecule has 1 aliphatic rings. The fourth-order valence-electron chi connectivity index (χ4n) is 2.99. The Bertz CT molecular complexity index is 1100. The number of fused-ring (bicyclic) bond motifs is 1. The summed E-state index contributed by atoms with van der Waals surface area (Å²) in [6.07, 6.45) is 1.72. The Morgan fingerprint density at radius 1 is 1.08 bits per heavy atom. The highest BCUT2D eigenvalue weighted by molar-refractivity contribution is 7.89. The lowest BCUT2D eigenvalue weighted by Gasteiger charge is -2.22. The van der Waals surface area contributed by atoms with Gasteiger partial charge in [0.2, 0.25) is 10.0 Å². The molecule has 0 saturated heterocycles. The number of nitrogens with zero attached hydrogens (tertiary/aromatic N) is 1. The first-order chi connectivity index (χ1) is 12.5. The van der Waals surface area contributed by atoms with E-state index in [-0.39, 0.29) is 16.6 Å². The Morgan fingerprint density at radius 2 is 1.77 bits per heavy atom. The Labute approximate surface area is 150 Å². The minimum absolute atomic E-state index is 0.0167. The first kappa shape index (κ1) is 16.9. The third kappa shape index (κ3) is 3.13. The van der Waals surface area contributed by atoms with Crippen molar-refractivity contribution in [1.29, 1.82) is 0 Å². The Balaban J connectivity index is 1.68. The third-order valence-electron chi connectivity index (χ3n) is 4.55. The molecular weight excluding hydrogens is 354 g/mol. The van der Waals surface area contributed by atoms with Gasteiger partial charge in [-0.15, -0.1) is 0 Å². The molecule has 26 heavy (non-hydrogen) atoms. The molecule has 0 amide bonds. The monoisotopic (exact) mass is 373 g/mol. The largest absolute Gasteiger partial charge is 0.497 e. The summed E-state index contributed by atoms with van der Waals surface area (Å²) >= 11 is 0. The van der Waals surface area contributed by atoms with E-state index in [2.05, 4.69) is 9.97 Å². The van der Waals surface area contributed by atoms with Crippen molar-refractivity contribution in [1.82, 2.24) is 14.3 Å². The summed E-state index contributed by atoms with van der Waals surface area (Å²) in [5.74, 6) is 0.733. The summed E-state index contributed by atoms with van der Waals surface area (Å²) in [5.41, 5.74) is 1.61. The van der Waals surface area contributed by atoms with Gasteiger partial charge in [0.1, 0.15) is 5.75 Å². The maximum atomic E-state index is 13.2. The third-order valence-corrected chi connectivity index (χ3v) is 6.44. The van der Waals surface area contributed by atoms with Crippen LogP contribution in [0.4, 0.5) is 0 Å². The van der Waals surface area contributed by atoms with Gasteiger partial charge in [-0.3, -0.25) is 0 Å². The lowest BCUT2D eigenvalue weighted by Crippen LogP contribution is -2.32. The van der Waals surface area contributed by atoms with E-state index < -0.39 is 10.0 Å². The summed E-state index contributed by atoms with van der Waals surface area (Å²) < 4.78 is 33.1. The zero-order chi connectivity index (χ0) is 18.3. The molecule has 8 heteroatoms. The van der Waals surface area contributed by atoms with Gasteiger partial charge in [0.15, 0.2) is 0 Å². The van der Waals surface area contributed by atoms with Gasteiger partial charge >= 0.3 is 5.69 Å². The molecule has 4 rings (SSSR count). The molecule has 0 atom stereocenters. The minimum atomic E-state index is -3.67. The number of H-pyrrole nitrogens is 2. The molecule has 2 aromatic carbocycles. The molecule has 0 spiro atoms. The van der Waals surface area contributed by atoms with Crippen molar-refractivity contribution in [3.05, 3.63) is 58.5 Å². The van der Waals surface area contributed by atoms with Gasteiger partial charge in [0, 0.05) is 12.6 Å². The van der Waals surface area contributed by atoms with Crippen molar-refractivity contribution in [2.45, 2.75) is 30.3 Å². The average molecular weight is 373 g/mol. The number of imidazole rings is 1. The van der Waals surface area contributed by atoms with Crippen molar-refractivity contribution in [2.24, 2.45) is 0 Å². The quantitative estimate of drug-likeness (QED) is 0.693. The summed E-state index contributed by atoms with van der Waals surface area (Å²) in [7, 11) is -2.07. The van der Waals surface area contributed by atoms with Crippen LogP contribution in [-0.4, -0.2) is 35.8 Å². The molecule has 136 valence electrons. The van der Waals surface area contributed by atoms with Crippen LogP contribution in [0.25, 0.3) is 11.0 Å². The predicted molar refractivity (Wildman–Crippen MR) is 97.7 cm³/mol. The summed E-state index contributed by atoms with van der Waals surface area (Å²) in [4.78, 5) is 16.8. The second-order valence-corrected chi connectivity index (χ2v) is 8.31. The van der Waals surface area contributed by atoms with Crippen molar-refractivity contribution in [3.8, 4) is 5.75 Å². The fraction of sp³-hybridized carbons (Fsp3) is 0.278. The molecule has 0 aliphatic heterocycles. The number of aromatic amines is 2. The van der Waals surface area contributed by atoms with Gasteiger partial charge < -0.3 is 14.7 Å². The number of benzene rings is 2. The molecule has 1 aliphatic carbocycles. The number of hydrogen-bond donors (Lipinski definition) is 2. The second-order valence-electron chi connectivity index (χ2n) is 6.42. The zero-order valence-corrected chi connectivity index (χ0v) is 15.0. The van der Waals surface area contributed by atoms with Gasteiger partial charge in [-0.05, 0) is 48.7 Å². The molecule has 7 nitrogen and oxygen atoms in total. The van der Waals surface area contributed by atoms with E-state index in [1.54, 1.807) is 17.5 Å². The van der Waals surface area contributed by atoms with E-state index in [1.807, 2.05) is 24.3 Å². The van der Waals surface area contributed by atoms with E-state index in [0.29, 0.717) is 17.6 Å². The second kappa shape index (κ2) is 6.30. The number of methoxy groups -OCH3 is 1. The summed E-state index contributed by atoms with van der Waals surface area (Å²) in [6, 6.07) is 12.1. The van der Waals surface area contributed by atoms with Gasteiger partial charge in [-0.25, -0.2) is 13.2 Å². The zero-order valence-electron chi connectivity index (χ0n) is 14.2.